The molecule has 1 aromatic carbocycles. The van der Waals surface area contributed by atoms with Crippen molar-refractivity contribution in [3.05, 3.63) is 28.8 Å². The van der Waals surface area contributed by atoms with Gasteiger partial charge in [-0.15, -0.1) is 0 Å². The Labute approximate surface area is 91.9 Å². The normalized spacial score (nSPS) is 13.0. The minimum Gasteiger partial charge on any atom is -0.497 e. The van der Waals surface area contributed by atoms with E-state index >= 15 is 0 Å². The first-order chi connectivity index (χ1) is 6.97. The molecular weight excluding hydrogens is 188 g/mol. The van der Waals surface area contributed by atoms with Crippen molar-refractivity contribution >= 4 is 0 Å². The molecule has 0 aliphatic rings. The minimum atomic E-state index is -0.393. The Hall–Kier alpha value is -1.02. The van der Waals surface area contributed by atoms with Gasteiger partial charge in [0.2, 0.25) is 0 Å². The summed E-state index contributed by atoms with van der Waals surface area (Å²) in [6.45, 7) is 8.06. The van der Waals surface area contributed by atoms with Crippen LogP contribution in [0.1, 0.15) is 36.6 Å². The maximum atomic E-state index is 10.1. The highest BCUT2D eigenvalue weighted by Crippen LogP contribution is 2.30. The summed E-state index contributed by atoms with van der Waals surface area (Å²) in [5.41, 5.74) is 3.21. The van der Waals surface area contributed by atoms with Crippen molar-refractivity contribution in [3.8, 4) is 5.75 Å². The molecule has 0 amide bonds. The van der Waals surface area contributed by atoms with Gasteiger partial charge in [-0.2, -0.15) is 0 Å². The lowest BCUT2D eigenvalue weighted by Crippen LogP contribution is -2.09. The van der Waals surface area contributed by atoms with Crippen molar-refractivity contribution in [3.63, 3.8) is 0 Å². The third-order valence-corrected chi connectivity index (χ3v) is 2.73. The molecule has 2 heteroatoms. The van der Waals surface area contributed by atoms with Crippen LogP contribution >= 0.6 is 0 Å². The van der Waals surface area contributed by atoms with Crippen molar-refractivity contribution in [2.45, 2.75) is 33.8 Å². The Bertz CT molecular complexity index is 319. The molecule has 15 heavy (non-hydrogen) atoms. The molecule has 2 nitrogen and oxygen atoms in total. The molecule has 0 aromatic heterocycles. The lowest BCUT2D eigenvalue weighted by molar-refractivity contribution is 0.125. The second-order valence-corrected chi connectivity index (χ2v) is 4.36. The topological polar surface area (TPSA) is 29.5 Å². The van der Waals surface area contributed by atoms with Crippen molar-refractivity contribution in [1.82, 2.24) is 0 Å². The van der Waals surface area contributed by atoms with Gasteiger partial charge in [0.1, 0.15) is 5.75 Å². The van der Waals surface area contributed by atoms with Crippen LogP contribution in [0.25, 0.3) is 0 Å². The van der Waals surface area contributed by atoms with E-state index in [9.17, 15) is 5.11 Å². The average Bonchev–Trinajstić information content (AvgIpc) is 2.16. The van der Waals surface area contributed by atoms with Gasteiger partial charge in [-0.25, -0.2) is 0 Å². The molecule has 0 saturated carbocycles. The standard InChI is InChI=1S/C13H20O2/c1-8(2)13(14)12-9(3)6-11(15-5)7-10(12)4/h6-8,13-14H,1-5H3. The monoisotopic (exact) mass is 208 g/mol. The molecule has 0 aliphatic heterocycles. The third-order valence-electron chi connectivity index (χ3n) is 2.73. The zero-order valence-electron chi connectivity index (χ0n) is 10.2. The minimum absolute atomic E-state index is 0.232. The number of rotatable bonds is 3. The molecule has 1 unspecified atom stereocenters. The largest absolute Gasteiger partial charge is 0.497 e. The number of aliphatic hydroxyl groups is 1. The molecule has 84 valence electrons. The van der Waals surface area contributed by atoms with E-state index < -0.39 is 6.10 Å². The smallest absolute Gasteiger partial charge is 0.119 e. The number of benzene rings is 1. The summed E-state index contributed by atoms with van der Waals surface area (Å²) >= 11 is 0. The van der Waals surface area contributed by atoms with E-state index in [4.69, 9.17) is 4.74 Å². The Morgan fingerprint density at radius 1 is 1.13 bits per heavy atom. The third kappa shape index (κ3) is 2.51. The maximum Gasteiger partial charge on any atom is 0.119 e. The second-order valence-electron chi connectivity index (χ2n) is 4.36. The van der Waals surface area contributed by atoms with Gasteiger partial charge in [-0.05, 0) is 48.6 Å². The van der Waals surface area contributed by atoms with E-state index in [0.29, 0.717) is 0 Å². The number of aliphatic hydroxyl groups excluding tert-OH is 1. The van der Waals surface area contributed by atoms with Gasteiger partial charge in [-0.1, -0.05) is 13.8 Å². The molecule has 0 fully saturated rings. The van der Waals surface area contributed by atoms with Gasteiger partial charge in [0.15, 0.2) is 0 Å². The van der Waals surface area contributed by atoms with E-state index in [1.165, 1.54) is 0 Å². The second kappa shape index (κ2) is 4.67. The van der Waals surface area contributed by atoms with Crippen LogP contribution in [-0.4, -0.2) is 12.2 Å². The lowest BCUT2D eigenvalue weighted by Gasteiger charge is -2.20. The predicted molar refractivity (Wildman–Crippen MR) is 62.3 cm³/mol. The van der Waals surface area contributed by atoms with Gasteiger partial charge in [0.05, 0.1) is 13.2 Å². The van der Waals surface area contributed by atoms with Gasteiger partial charge in [0, 0.05) is 0 Å². The first-order valence-electron chi connectivity index (χ1n) is 5.30. The summed E-state index contributed by atoms with van der Waals surface area (Å²) in [5, 5.41) is 10.1. The van der Waals surface area contributed by atoms with Crippen LogP contribution in [0.15, 0.2) is 12.1 Å². The molecule has 1 rings (SSSR count). The number of methoxy groups -OCH3 is 1. The van der Waals surface area contributed by atoms with Crippen molar-refractivity contribution < 1.29 is 9.84 Å². The van der Waals surface area contributed by atoms with Gasteiger partial charge in [-0.3, -0.25) is 0 Å². The Morgan fingerprint density at radius 2 is 1.60 bits per heavy atom. The van der Waals surface area contributed by atoms with E-state index in [1.54, 1.807) is 7.11 Å². The molecule has 0 spiro atoms. The van der Waals surface area contributed by atoms with Crippen LogP contribution in [0, 0.1) is 19.8 Å². The molecule has 0 aliphatic carbocycles. The maximum absolute atomic E-state index is 10.1. The van der Waals surface area contributed by atoms with Crippen LogP contribution in [0.5, 0.6) is 5.75 Å². The summed E-state index contributed by atoms with van der Waals surface area (Å²) in [7, 11) is 1.66. The fraction of sp³-hybridized carbons (Fsp3) is 0.538. The van der Waals surface area contributed by atoms with E-state index in [2.05, 4.69) is 0 Å². The fourth-order valence-electron chi connectivity index (χ4n) is 1.85. The highest BCUT2D eigenvalue weighted by Gasteiger charge is 2.17. The summed E-state index contributed by atoms with van der Waals surface area (Å²) in [6, 6.07) is 3.93. The summed E-state index contributed by atoms with van der Waals surface area (Å²) in [6.07, 6.45) is -0.393. The van der Waals surface area contributed by atoms with Crippen LogP contribution < -0.4 is 4.74 Å². The Morgan fingerprint density at radius 3 is 1.93 bits per heavy atom. The average molecular weight is 208 g/mol. The molecule has 0 radical (unpaired) electrons. The predicted octanol–water partition coefficient (Wildman–Crippen LogP) is 3.00. The van der Waals surface area contributed by atoms with E-state index in [1.807, 2.05) is 39.8 Å². The first-order valence-corrected chi connectivity index (χ1v) is 5.30. The van der Waals surface area contributed by atoms with Crippen molar-refractivity contribution in [2.24, 2.45) is 5.92 Å². The van der Waals surface area contributed by atoms with Crippen LogP contribution in [0.3, 0.4) is 0 Å². The zero-order chi connectivity index (χ0) is 11.6. The van der Waals surface area contributed by atoms with Crippen LogP contribution in [-0.2, 0) is 0 Å². The first kappa shape index (κ1) is 12.1. The van der Waals surface area contributed by atoms with Crippen LogP contribution in [0.4, 0.5) is 0 Å². The Balaban J connectivity index is 3.19. The molecule has 1 N–H and O–H groups in total. The summed E-state index contributed by atoms with van der Waals surface area (Å²) < 4.78 is 5.19. The molecule has 0 heterocycles. The van der Waals surface area contributed by atoms with E-state index in [0.717, 1.165) is 22.4 Å². The highest BCUT2D eigenvalue weighted by molar-refractivity contribution is 5.42. The number of aryl methyl sites for hydroxylation is 2. The molecule has 0 bridgehead atoms. The Kier molecular flexibility index (Phi) is 3.75. The lowest BCUT2D eigenvalue weighted by atomic mass is 9.91. The highest BCUT2D eigenvalue weighted by atomic mass is 16.5. The number of hydrogen-bond donors (Lipinski definition) is 1. The molecular formula is C13H20O2. The SMILES string of the molecule is COc1cc(C)c(C(O)C(C)C)c(C)c1. The quantitative estimate of drug-likeness (QED) is 0.827. The summed E-state index contributed by atoms with van der Waals surface area (Å²) in [5.74, 6) is 1.08. The van der Waals surface area contributed by atoms with Gasteiger partial charge in [0.25, 0.3) is 0 Å². The van der Waals surface area contributed by atoms with Crippen molar-refractivity contribution in [1.29, 1.82) is 0 Å². The van der Waals surface area contributed by atoms with Gasteiger partial charge >= 0.3 is 0 Å². The van der Waals surface area contributed by atoms with E-state index in [-0.39, 0.29) is 5.92 Å². The summed E-state index contributed by atoms with van der Waals surface area (Å²) in [4.78, 5) is 0. The van der Waals surface area contributed by atoms with Crippen molar-refractivity contribution in [2.75, 3.05) is 7.11 Å². The van der Waals surface area contributed by atoms with Gasteiger partial charge < -0.3 is 9.84 Å². The zero-order valence-corrected chi connectivity index (χ0v) is 10.2. The van der Waals surface area contributed by atoms with Crippen LogP contribution in [0.2, 0.25) is 0 Å². The fourth-order valence-corrected chi connectivity index (χ4v) is 1.85. The number of ether oxygens (including phenoxy) is 1. The molecule has 1 atom stereocenters. The molecule has 1 aromatic rings. The molecule has 0 saturated heterocycles. The number of hydrogen-bond acceptors (Lipinski definition) is 2.